The van der Waals surface area contributed by atoms with Crippen LogP contribution in [0.2, 0.25) is 5.02 Å². The zero-order valence-corrected chi connectivity index (χ0v) is 22.3. The largest absolute Gasteiger partial charge is 0.487 e. The van der Waals surface area contributed by atoms with Crippen LogP contribution >= 0.6 is 39.3 Å². The Labute approximate surface area is 223 Å². The van der Waals surface area contributed by atoms with E-state index >= 15 is 0 Å². The van der Waals surface area contributed by atoms with E-state index in [0.29, 0.717) is 28.1 Å². The summed E-state index contributed by atoms with van der Waals surface area (Å²) >= 11 is 11.0. The molecule has 178 valence electrons. The first-order chi connectivity index (χ1) is 16.9. The zero-order chi connectivity index (χ0) is 24.8. The van der Waals surface area contributed by atoms with E-state index in [4.69, 9.17) is 16.3 Å². The van der Waals surface area contributed by atoms with Crippen molar-refractivity contribution in [2.45, 2.75) is 26.4 Å². The molecule has 4 rings (SSSR count). The van der Waals surface area contributed by atoms with Crippen molar-refractivity contribution in [2.24, 2.45) is 4.99 Å². The van der Waals surface area contributed by atoms with E-state index in [2.05, 4.69) is 39.7 Å². The van der Waals surface area contributed by atoms with E-state index < -0.39 is 0 Å². The topological polar surface area (TPSA) is 50.7 Å². The van der Waals surface area contributed by atoms with E-state index in [1.165, 1.54) is 17.3 Å². The average Bonchev–Trinajstić information content (AvgIpc) is 3.18. The van der Waals surface area contributed by atoms with Gasteiger partial charge < -0.3 is 10.1 Å². The summed E-state index contributed by atoms with van der Waals surface area (Å²) in [5, 5.41) is 4.11. The molecule has 1 amide bonds. The molecule has 0 aliphatic carbocycles. The lowest BCUT2D eigenvalue weighted by Gasteiger charge is -2.14. The van der Waals surface area contributed by atoms with Gasteiger partial charge in [0.15, 0.2) is 5.17 Å². The number of ether oxygens (including phenoxy) is 1. The van der Waals surface area contributed by atoms with Crippen LogP contribution < -0.4 is 10.1 Å². The minimum absolute atomic E-state index is 0.164. The number of amides is 1. The van der Waals surface area contributed by atoms with Crippen LogP contribution in [0.3, 0.4) is 0 Å². The number of rotatable bonds is 8. The highest BCUT2D eigenvalue weighted by Crippen LogP contribution is 2.35. The van der Waals surface area contributed by atoms with Crippen LogP contribution in [0.4, 0.5) is 5.69 Å². The van der Waals surface area contributed by atoms with Crippen LogP contribution in [0, 0.1) is 0 Å². The van der Waals surface area contributed by atoms with Gasteiger partial charge in [-0.3, -0.25) is 4.79 Å². The predicted octanol–water partition coefficient (Wildman–Crippen LogP) is 7.86. The molecule has 3 aromatic carbocycles. The lowest BCUT2D eigenvalue weighted by atomic mass is 10.1. The van der Waals surface area contributed by atoms with Gasteiger partial charge in [-0.05, 0) is 105 Å². The summed E-state index contributed by atoms with van der Waals surface area (Å²) in [6.45, 7) is 6.40. The minimum atomic E-state index is -0.164. The van der Waals surface area contributed by atoms with Gasteiger partial charge >= 0.3 is 0 Å². The third kappa shape index (κ3) is 6.66. The summed E-state index contributed by atoms with van der Waals surface area (Å²) in [5.41, 5.74) is 4.94. The van der Waals surface area contributed by atoms with Crippen LogP contribution in [0.25, 0.3) is 6.08 Å². The summed E-state index contributed by atoms with van der Waals surface area (Å²) in [7, 11) is 0. The number of aryl methyl sites for hydroxylation is 1. The minimum Gasteiger partial charge on any atom is -0.487 e. The number of carbonyl (C=O) groups excluding carboxylic acids is 1. The van der Waals surface area contributed by atoms with Gasteiger partial charge in [-0.25, -0.2) is 4.99 Å². The molecule has 0 bridgehead atoms. The first-order valence-electron chi connectivity index (χ1n) is 11.1. The van der Waals surface area contributed by atoms with Crippen molar-refractivity contribution in [2.75, 3.05) is 0 Å². The van der Waals surface area contributed by atoms with Gasteiger partial charge in [0.25, 0.3) is 5.91 Å². The standard InChI is InChI=1S/C28H24BrClN2O2S/c1-3-5-21-14-20(15-24(29)26(21)34-17-19-6-10-22(30)11-7-19)16-25-27(33)32-28(35-25)31-23-12-8-18(4-2)9-13-23/h3,6-16H,1,4-5,17H2,2H3,(H,31,32,33)/b25-16-. The molecule has 0 unspecified atom stereocenters. The van der Waals surface area contributed by atoms with Crippen molar-refractivity contribution in [3.63, 3.8) is 0 Å². The second kappa shape index (κ2) is 11.8. The van der Waals surface area contributed by atoms with Crippen LogP contribution in [0.5, 0.6) is 5.75 Å². The van der Waals surface area contributed by atoms with E-state index in [0.717, 1.165) is 39.0 Å². The van der Waals surface area contributed by atoms with Gasteiger partial charge in [-0.1, -0.05) is 48.9 Å². The molecule has 7 heteroatoms. The molecule has 0 saturated carbocycles. The maximum Gasteiger partial charge on any atom is 0.264 e. The Bertz CT molecular complexity index is 1300. The van der Waals surface area contributed by atoms with Crippen molar-refractivity contribution in [3.05, 3.63) is 110 Å². The Hall–Kier alpha value is -2.80. The normalized spacial score (nSPS) is 15.5. The number of carbonyl (C=O) groups is 1. The Morgan fingerprint density at radius 3 is 2.51 bits per heavy atom. The van der Waals surface area contributed by atoms with Crippen molar-refractivity contribution >= 4 is 62.1 Å². The second-order valence-corrected chi connectivity index (χ2v) is 10.2. The molecular formula is C28H24BrClN2O2S. The summed E-state index contributed by atoms with van der Waals surface area (Å²) < 4.78 is 6.94. The Balaban J connectivity index is 1.54. The number of amidine groups is 1. The van der Waals surface area contributed by atoms with Gasteiger partial charge in [-0.15, -0.1) is 6.58 Å². The SMILES string of the molecule is C=CCc1cc(/C=C2\SC(=Nc3ccc(CC)cc3)NC2=O)cc(Br)c1OCc1ccc(Cl)cc1. The first kappa shape index (κ1) is 25.3. The molecule has 4 nitrogen and oxygen atoms in total. The predicted molar refractivity (Wildman–Crippen MR) is 150 cm³/mol. The molecule has 0 spiro atoms. The van der Waals surface area contributed by atoms with Crippen LogP contribution in [0.1, 0.15) is 29.2 Å². The van der Waals surface area contributed by atoms with Gasteiger partial charge in [0.1, 0.15) is 12.4 Å². The van der Waals surface area contributed by atoms with Crippen LogP contribution in [-0.2, 0) is 24.2 Å². The number of benzene rings is 3. The molecule has 1 N–H and O–H groups in total. The highest BCUT2D eigenvalue weighted by atomic mass is 79.9. The molecular weight excluding hydrogens is 544 g/mol. The number of aliphatic imine (C=N–C) groups is 1. The average molecular weight is 568 g/mol. The molecule has 1 heterocycles. The smallest absolute Gasteiger partial charge is 0.264 e. The van der Waals surface area contributed by atoms with Crippen molar-refractivity contribution in [1.82, 2.24) is 5.32 Å². The van der Waals surface area contributed by atoms with E-state index in [1.54, 1.807) is 0 Å². The molecule has 3 aromatic rings. The quantitative estimate of drug-likeness (QED) is 0.223. The number of hydrogen-bond donors (Lipinski definition) is 1. The molecule has 0 atom stereocenters. The fraction of sp³-hybridized carbons (Fsp3) is 0.143. The number of halogens is 2. The fourth-order valence-corrected chi connectivity index (χ4v) is 5.12. The summed E-state index contributed by atoms with van der Waals surface area (Å²) in [6.07, 6.45) is 5.30. The highest BCUT2D eigenvalue weighted by Gasteiger charge is 2.24. The van der Waals surface area contributed by atoms with Gasteiger partial charge in [0.05, 0.1) is 15.1 Å². The fourth-order valence-electron chi connectivity index (χ4n) is 3.52. The first-order valence-corrected chi connectivity index (χ1v) is 13.1. The van der Waals surface area contributed by atoms with Crippen molar-refractivity contribution < 1.29 is 9.53 Å². The lowest BCUT2D eigenvalue weighted by Crippen LogP contribution is -2.19. The van der Waals surface area contributed by atoms with Gasteiger partial charge in [0, 0.05) is 5.02 Å². The molecule has 1 aliphatic heterocycles. The Morgan fingerprint density at radius 1 is 1.11 bits per heavy atom. The summed E-state index contributed by atoms with van der Waals surface area (Å²) in [4.78, 5) is 17.7. The maximum atomic E-state index is 12.6. The third-order valence-corrected chi connectivity index (χ3v) is 7.08. The van der Waals surface area contributed by atoms with Gasteiger partial charge in [-0.2, -0.15) is 0 Å². The van der Waals surface area contributed by atoms with Crippen molar-refractivity contribution in [1.29, 1.82) is 0 Å². The number of hydrogen-bond acceptors (Lipinski definition) is 4. The van der Waals surface area contributed by atoms with Crippen LogP contribution in [-0.4, -0.2) is 11.1 Å². The number of thioether (sulfide) groups is 1. The van der Waals surface area contributed by atoms with E-state index in [1.807, 2.05) is 72.8 Å². The number of allylic oxidation sites excluding steroid dienone is 1. The molecule has 35 heavy (non-hydrogen) atoms. The lowest BCUT2D eigenvalue weighted by molar-refractivity contribution is -0.115. The monoisotopic (exact) mass is 566 g/mol. The molecule has 0 radical (unpaired) electrons. The second-order valence-electron chi connectivity index (χ2n) is 7.90. The molecule has 1 aliphatic rings. The maximum absolute atomic E-state index is 12.6. The molecule has 1 fully saturated rings. The molecule has 1 saturated heterocycles. The number of nitrogens with zero attached hydrogens (tertiary/aromatic N) is 1. The third-order valence-electron chi connectivity index (χ3n) is 5.33. The Kier molecular flexibility index (Phi) is 8.50. The highest BCUT2D eigenvalue weighted by molar-refractivity contribution is 9.10. The Morgan fingerprint density at radius 2 is 1.83 bits per heavy atom. The zero-order valence-electron chi connectivity index (χ0n) is 19.2. The summed E-state index contributed by atoms with van der Waals surface area (Å²) in [5.74, 6) is 0.590. The molecule has 0 aromatic heterocycles. The summed E-state index contributed by atoms with van der Waals surface area (Å²) in [6, 6.07) is 19.6. The van der Waals surface area contributed by atoms with E-state index in [9.17, 15) is 4.79 Å². The van der Waals surface area contributed by atoms with E-state index in [-0.39, 0.29) is 5.91 Å². The van der Waals surface area contributed by atoms with Gasteiger partial charge in [0.2, 0.25) is 0 Å². The van der Waals surface area contributed by atoms with Crippen molar-refractivity contribution in [3.8, 4) is 5.75 Å². The number of nitrogens with one attached hydrogen (secondary N) is 1. The van der Waals surface area contributed by atoms with Crippen LogP contribution in [0.15, 0.2) is 87.7 Å².